The molecule has 7 nitrogen and oxygen atoms in total. The van der Waals surface area contributed by atoms with Gasteiger partial charge in [-0.05, 0) is 0 Å². The Bertz CT molecular complexity index is 693. The number of hydrogen-bond donors (Lipinski definition) is 1. The van der Waals surface area contributed by atoms with E-state index in [1.807, 2.05) is 0 Å². The third kappa shape index (κ3) is 4.98. The van der Waals surface area contributed by atoms with Crippen molar-refractivity contribution in [3.05, 3.63) is 27.0 Å². The normalized spacial score (nSPS) is 12.6. The van der Waals surface area contributed by atoms with Crippen LogP contribution in [0.3, 0.4) is 0 Å². The summed E-state index contributed by atoms with van der Waals surface area (Å²) in [6.45, 7) is -2.40. The molecule has 0 radical (unpaired) electrons. The highest BCUT2D eigenvalue weighted by Crippen LogP contribution is 2.14. The van der Waals surface area contributed by atoms with Crippen molar-refractivity contribution in [2.24, 2.45) is 0 Å². The van der Waals surface area contributed by atoms with E-state index in [0.29, 0.717) is 10.8 Å². The van der Waals surface area contributed by atoms with Crippen LogP contribution in [-0.4, -0.2) is 37.4 Å². The van der Waals surface area contributed by atoms with Crippen LogP contribution in [0.25, 0.3) is 0 Å². The molecule has 1 rings (SSSR count). The SMILES string of the molecule is O=c1[nH]c(=O)n(CCOCC(F)(F)F)cc1S(=O)(=O)Cl. The molecule has 0 fully saturated rings. The second-order valence-corrected chi connectivity index (χ2v) is 6.09. The van der Waals surface area contributed by atoms with E-state index in [4.69, 9.17) is 10.7 Å². The van der Waals surface area contributed by atoms with Crippen molar-refractivity contribution in [2.45, 2.75) is 17.6 Å². The highest BCUT2D eigenvalue weighted by Gasteiger charge is 2.27. The maximum absolute atomic E-state index is 11.8. The van der Waals surface area contributed by atoms with Crippen LogP contribution in [0.5, 0.6) is 0 Å². The molecule has 1 heterocycles. The van der Waals surface area contributed by atoms with Crippen molar-refractivity contribution in [1.29, 1.82) is 0 Å². The number of nitrogens with zero attached hydrogens (tertiary/aromatic N) is 1. The van der Waals surface area contributed by atoms with Gasteiger partial charge in [-0.3, -0.25) is 14.3 Å². The van der Waals surface area contributed by atoms with Crippen LogP contribution < -0.4 is 11.2 Å². The smallest absolute Gasteiger partial charge is 0.370 e. The van der Waals surface area contributed by atoms with Gasteiger partial charge in [0.1, 0.15) is 6.61 Å². The Morgan fingerprint density at radius 3 is 2.45 bits per heavy atom. The highest BCUT2D eigenvalue weighted by molar-refractivity contribution is 8.13. The van der Waals surface area contributed by atoms with Crippen LogP contribution in [-0.2, 0) is 20.3 Å². The number of ether oxygens (including phenoxy) is 1. The number of nitrogens with one attached hydrogen (secondary N) is 1. The summed E-state index contributed by atoms with van der Waals surface area (Å²) in [5, 5.41) is 0. The topological polar surface area (TPSA) is 98.2 Å². The van der Waals surface area contributed by atoms with Crippen LogP contribution in [0.1, 0.15) is 0 Å². The number of hydrogen-bond acceptors (Lipinski definition) is 5. The minimum absolute atomic E-state index is 0.384. The monoisotopic (exact) mass is 336 g/mol. The van der Waals surface area contributed by atoms with Gasteiger partial charge >= 0.3 is 11.9 Å². The third-order valence-electron chi connectivity index (χ3n) is 1.98. The van der Waals surface area contributed by atoms with E-state index in [1.54, 1.807) is 4.98 Å². The maximum Gasteiger partial charge on any atom is 0.411 e. The molecule has 0 spiro atoms. The molecule has 0 saturated heterocycles. The second-order valence-electron chi connectivity index (χ2n) is 3.55. The van der Waals surface area contributed by atoms with E-state index in [9.17, 15) is 31.2 Å². The Kier molecular flexibility index (Phi) is 5.00. The van der Waals surface area contributed by atoms with E-state index in [1.165, 1.54) is 0 Å². The Morgan fingerprint density at radius 2 is 1.95 bits per heavy atom. The zero-order valence-electron chi connectivity index (χ0n) is 9.61. The van der Waals surface area contributed by atoms with Gasteiger partial charge in [0.15, 0.2) is 4.90 Å². The molecule has 1 aromatic heterocycles. The number of rotatable bonds is 5. The van der Waals surface area contributed by atoms with Gasteiger partial charge in [-0.2, -0.15) is 13.2 Å². The summed E-state index contributed by atoms with van der Waals surface area (Å²) >= 11 is 0. The number of aromatic nitrogens is 2. The highest BCUT2D eigenvalue weighted by atomic mass is 35.7. The molecule has 0 amide bonds. The predicted molar refractivity (Wildman–Crippen MR) is 61.2 cm³/mol. The lowest BCUT2D eigenvalue weighted by Crippen LogP contribution is -2.33. The average molecular weight is 337 g/mol. The molecule has 1 N–H and O–H groups in total. The molecule has 1 aromatic rings. The molecule has 0 atom stereocenters. The standard InChI is InChI=1S/C8H8ClF3N2O5S/c9-20(17,18)5-3-14(7(16)13-6(5)15)1-2-19-4-8(10,11)12/h3H,1-2,4H2,(H,13,15,16). The van der Waals surface area contributed by atoms with Gasteiger partial charge in [-0.15, -0.1) is 0 Å². The van der Waals surface area contributed by atoms with Crippen LogP contribution in [0.2, 0.25) is 0 Å². The predicted octanol–water partition coefficient (Wildman–Crippen LogP) is 0.0430. The lowest BCUT2D eigenvalue weighted by atomic mass is 10.6. The zero-order valence-corrected chi connectivity index (χ0v) is 11.2. The number of H-pyrrole nitrogens is 1. The van der Waals surface area contributed by atoms with Crippen LogP contribution in [0.15, 0.2) is 20.7 Å². The molecule has 0 saturated carbocycles. The molecule has 0 aliphatic carbocycles. The van der Waals surface area contributed by atoms with Crippen molar-refractivity contribution in [3.63, 3.8) is 0 Å². The summed E-state index contributed by atoms with van der Waals surface area (Å²) in [6, 6.07) is 0. The van der Waals surface area contributed by atoms with Crippen molar-refractivity contribution < 1.29 is 26.3 Å². The van der Waals surface area contributed by atoms with Crippen molar-refractivity contribution in [3.8, 4) is 0 Å². The summed E-state index contributed by atoms with van der Waals surface area (Å²) in [4.78, 5) is 23.3. The van der Waals surface area contributed by atoms with E-state index in [0.717, 1.165) is 0 Å². The fourth-order valence-electron chi connectivity index (χ4n) is 1.18. The Hall–Kier alpha value is -1.33. The summed E-state index contributed by atoms with van der Waals surface area (Å²) in [7, 11) is 0.587. The summed E-state index contributed by atoms with van der Waals surface area (Å²) in [5.74, 6) is 0. The molecule has 0 aliphatic heterocycles. The van der Waals surface area contributed by atoms with Crippen LogP contribution in [0.4, 0.5) is 13.2 Å². The van der Waals surface area contributed by atoms with Crippen molar-refractivity contribution in [2.75, 3.05) is 13.2 Å². The molecule has 0 unspecified atom stereocenters. The van der Waals surface area contributed by atoms with Gasteiger partial charge in [0.05, 0.1) is 13.2 Å². The zero-order chi connectivity index (χ0) is 15.6. The summed E-state index contributed by atoms with van der Waals surface area (Å²) < 4.78 is 62.4. The lowest BCUT2D eigenvalue weighted by Gasteiger charge is -2.09. The molecule has 114 valence electrons. The molecule has 20 heavy (non-hydrogen) atoms. The lowest BCUT2D eigenvalue weighted by molar-refractivity contribution is -0.174. The minimum atomic E-state index is -4.51. The van der Waals surface area contributed by atoms with Gasteiger partial charge in [0.2, 0.25) is 0 Å². The first kappa shape index (κ1) is 16.7. The Balaban J connectivity index is 2.87. The Morgan fingerprint density at radius 1 is 1.35 bits per heavy atom. The first-order valence-electron chi connectivity index (χ1n) is 4.93. The number of aromatic amines is 1. The largest absolute Gasteiger partial charge is 0.411 e. The average Bonchev–Trinajstić information content (AvgIpc) is 2.23. The van der Waals surface area contributed by atoms with Gasteiger partial charge < -0.3 is 4.74 Å². The number of halogens is 4. The van der Waals surface area contributed by atoms with Crippen molar-refractivity contribution >= 4 is 19.7 Å². The maximum atomic E-state index is 11.8. The summed E-state index contributed by atoms with van der Waals surface area (Å²) in [6.07, 6.45) is -3.87. The Labute approximate surface area is 114 Å². The summed E-state index contributed by atoms with van der Waals surface area (Å²) in [5.41, 5.74) is -2.20. The molecule has 0 aliphatic rings. The van der Waals surface area contributed by atoms with Gasteiger partial charge in [-0.1, -0.05) is 0 Å². The first-order valence-corrected chi connectivity index (χ1v) is 7.24. The van der Waals surface area contributed by atoms with Gasteiger partial charge in [0, 0.05) is 16.9 Å². The third-order valence-corrected chi connectivity index (χ3v) is 3.30. The van der Waals surface area contributed by atoms with Crippen LogP contribution >= 0.6 is 10.7 Å². The van der Waals surface area contributed by atoms with E-state index in [2.05, 4.69) is 4.74 Å². The quantitative estimate of drug-likeness (QED) is 0.605. The fraction of sp³-hybridized carbons (Fsp3) is 0.500. The second kappa shape index (κ2) is 5.97. The first-order chi connectivity index (χ1) is 9.00. The molecule has 0 bridgehead atoms. The number of alkyl halides is 3. The molecular formula is C8H8ClF3N2O5S. The van der Waals surface area contributed by atoms with Crippen LogP contribution in [0, 0.1) is 0 Å². The molecular weight excluding hydrogens is 329 g/mol. The van der Waals surface area contributed by atoms with E-state index in [-0.39, 0.29) is 6.54 Å². The van der Waals surface area contributed by atoms with E-state index >= 15 is 0 Å². The molecule has 12 heteroatoms. The van der Waals surface area contributed by atoms with Crippen molar-refractivity contribution in [1.82, 2.24) is 9.55 Å². The molecule has 0 aromatic carbocycles. The van der Waals surface area contributed by atoms with Gasteiger partial charge in [-0.25, -0.2) is 13.2 Å². The fourth-order valence-corrected chi connectivity index (χ4v) is 2.04. The minimum Gasteiger partial charge on any atom is -0.370 e. The van der Waals surface area contributed by atoms with E-state index < -0.39 is 44.6 Å². The van der Waals surface area contributed by atoms with Gasteiger partial charge in [0.25, 0.3) is 14.6 Å².